The molecule has 1 atom stereocenters. The molecule has 88 valence electrons. The Kier molecular flexibility index (Phi) is 5.13. The van der Waals surface area contributed by atoms with Gasteiger partial charge in [-0.1, -0.05) is 40.0 Å². The molecule has 1 rings (SSSR count). The standard InChI is InChI=1S/C13H25NO/c1-4-12-9-7-5-6-8-10-14(12)13(15)11(2)3/h11-12H,4-10H2,1-3H3. The van der Waals surface area contributed by atoms with Gasteiger partial charge >= 0.3 is 0 Å². The van der Waals surface area contributed by atoms with Crippen molar-refractivity contribution >= 4 is 5.91 Å². The van der Waals surface area contributed by atoms with E-state index in [1.807, 2.05) is 13.8 Å². The van der Waals surface area contributed by atoms with Crippen LogP contribution in [0.4, 0.5) is 0 Å². The van der Waals surface area contributed by atoms with Crippen molar-refractivity contribution in [3.8, 4) is 0 Å². The van der Waals surface area contributed by atoms with Crippen LogP contribution in [-0.4, -0.2) is 23.4 Å². The third kappa shape index (κ3) is 3.51. The first-order chi connectivity index (χ1) is 7.16. The highest BCUT2D eigenvalue weighted by molar-refractivity contribution is 5.78. The Morgan fingerprint density at radius 1 is 1.27 bits per heavy atom. The van der Waals surface area contributed by atoms with Crippen molar-refractivity contribution < 1.29 is 4.79 Å². The second-order valence-corrected chi connectivity index (χ2v) is 4.95. The number of nitrogens with zero attached hydrogens (tertiary/aromatic N) is 1. The minimum absolute atomic E-state index is 0.151. The van der Waals surface area contributed by atoms with Crippen LogP contribution in [0, 0.1) is 5.92 Å². The molecule has 1 heterocycles. The lowest BCUT2D eigenvalue weighted by atomic mass is 9.98. The number of carbonyl (C=O) groups excluding carboxylic acids is 1. The van der Waals surface area contributed by atoms with Crippen LogP contribution in [-0.2, 0) is 4.79 Å². The van der Waals surface area contributed by atoms with Gasteiger partial charge in [0.2, 0.25) is 5.91 Å². The molecule has 0 aromatic rings. The van der Waals surface area contributed by atoms with Gasteiger partial charge in [-0.25, -0.2) is 0 Å². The van der Waals surface area contributed by atoms with E-state index in [2.05, 4.69) is 11.8 Å². The fraction of sp³-hybridized carbons (Fsp3) is 0.923. The lowest BCUT2D eigenvalue weighted by Gasteiger charge is -2.34. The zero-order chi connectivity index (χ0) is 11.3. The maximum Gasteiger partial charge on any atom is 0.225 e. The third-order valence-electron chi connectivity index (χ3n) is 3.38. The van der Waals surface area contributed by atoms with Gasteiger partial charge in [0.15, 0.2) is 0 Å². The summed E-state index contributed by atoms with van der Waals surface area (Å²) in [6.07, 6.45) is 7.43. The predicted molar refractivity (Wildman–Crippen MR) is 63.7 cm³/mol. The molecule has 0 bridgehead atoms. The number of amides is 1. The molecule has 1 saturated heterocycles. The number of rotatable bonds is 2. The van der Waals surface area contributed by atoms with Crippen LogP contribution in [0.3, 0.4) is 0 Å². The Morgan fingerprint density at radius 2 is 1.93 bits per heavy atom. The van der Waals surface area contributed by atoms with Gasteiger partial charge in [0.25, 0.3) is 0 Å². The van der Waals surface area contributed by atoms with E-state index in [0.717, 1.165) is 13.0 Å². The van der Waals surface area contributed by atoms with Crippen LogP contribution in [0.5, 0.6) is 0 Å². The van der Waals surface area contributed by atoms with E-state index in [-0.39, 0.29) is 5.92 Å². The van der Waals surface area contributed by atoms with Crippen molar-refractivity contribution in [1.29, 1.82) is 0 Å². The van der Waals surface area contributed by atoms with Crippen LogP contribution in [0.15, 0.2) is 0 Å². The van der Waals surface area contributed by atoms with Crippen molar-refractivity contribution in [3.05, 3.63) is 0 Å². The molecular formula is C13H25NO. The van der Waals surface area contributed by atoms with Crippen LogP contribution in [0.2, 0.25) is 0 Å². The number of carbonyl (C=O) groups is 1. The lowest BCUT2D eigenvalue weighted by molar-refractivity contribution is -0.137. The second-order valence-electron chi connectivity index (χ2n) is 4.95. The van der Waals surface area contributed by atoms with Crippen LogP contribution in [0.1, 0.15) is 59.3 Å². The summed E-state index contributed by atoms with van der Waals surface area (Å²) >= 11 is 0. The topological polar surface area (TPSA) is 20.3 Å². The fourth-order valence-electron chi connectivity index (χ4n) is 2.40. The Labute approximate surface area is 94.0 Å². The van der Waals surface area contributed by atoms with Crippen molar-refractivity contribution in [2.24, 2.45) is 5.92 Å². The summed E-state index contributed by atoms with van der Waals surface area (Å²) in [5.41, 5.74) is 0. The van der Waals surface area contributed by atoms with Crippen molar-refractivity contribution in [1.82, 2.24) is 4.90 Å². The quantitative estimate of drug-likeness (QED) is 0.687. The zero-order valence-electron chi connectivity index (χ0n) is 10.5. The summed E-state index contributed by atoms with van der Waals surface area (Å²) in [6.45, 7) is 7.20. The summed E-state index contributed by atoms with van der Waals surface area (Å²) in [6, 6.07) is 0.500. The molecule has 0 N–H and O–H groups in total. The van der Waals surface area contributed by atoms with E-state index < -0.39 is 0 Å². The highest BCUT2D eigenvalue weighted by Crippen LogP contribution is 2.20. The van der Waals surface area contributed by atoms with Gasteiger partial charge in [-0.3, -0.25) is 4.79 Å². The molecule has 0 aromatic heterocycles. The van der Waals surface area contributed by atoms with Gasteiger partial charge in [-0.05, 0) is 19.3 Å². The maximum absolute atomic E-state index is 12.1. The molecule has 15 heavy (non-hydrogen) atoms. The molecule has 0 radical (unpaired) electrons. The van der Waals surface area contributed by atoms with Gasteiger partial charge in [-0.2, -0.15) is 0 Å². The molecule has 2 heteroatoms. The number of hydrogen-bond donors (Lipinski definition) is 0. The molecule has 1 unspecified atom stereocenters. The molecule has 1 amide bonds. The van der Waals surface area contributed by atoms with E-state index in [9.17, 15) is 4.79 Å². The Hall–Kier alpha value is -0.530. The molecule has 0 spiro atoms. The molecule has 1 aliphatic rings. The van der Waals surface area contributed by atoms with Gasteiger partial charge in [-0.15, -0.1) is 0 Å². The Morgan fingerprint density at radius 3 is 2.53 bits per heavy atom. The summed E-state index contributed by atoms with van der Waals surface area (Å²) in [5, 5.41) is 0. The monoisotopic (exact) mass is 211 g/mol. The average Bonchev–Trinajstić information content (AvgIpc) is 2.17. The number of likely N-dealkylation sites (tertiary alicyclic amines) is 1. The summed E-state index contributed by atoms with van der Waals surface area (Å²) < 4.78 is 0. The zero-order valence-corrected chi connectivity index (χ0v) is 10.5. The minimum Gasteiger partial charge on any atom is -0.340 e. The SMILES string of the molecule is CCC1CCCCCCN1C(=O)C(C)C. The Balaban J connectivity index is 2.64. The fourth-order valence-corrected chi connectivity index (χ4v) is 2.40. The second kappa shape index (κ2) is 6.14. The summed E-state index contributed by atoms with van der Waals surface area (Å²) in [5.74, 6) is 0.502. The molecule has 1 fully saturated rings. The molecule has 1 aliphatic heterocycles. The molecule has 0 saturated carbocycles. The predicted octanol–water partition coefficient (Wildman–Crippen LogP) is 3.21. The summed E-state index contributed by atoms with van der Waals surface area (Å²) in [4.78, 5) is 14.2. The number of hydrogen-bond acceptors (Lipinski definition) is 1. The highest BCUT2D eigenvalue weighted by Gasteiger charge is 2.24. The lowest BCUT2D eigenvalue weighted by Crippen LogP contribution is -2.43. The van der Waals surface area contributed by atoms with Crippen molar-refractivity contribution in [3.63, 3.8) is 0 Å². The van der Waals surface area contributed by atoms with E-state index in [0.29, 0.717) is 11.9 Å². The van der Waals surface area contributed by atoms with Crippen molar-refractivity contribution in [2.45, 2.75) is 65.3 Å². The van der Waals surface area contributed by atoms with E-state index >= 15 is 0 Å². The van der Waals surface area contributed by atoms with Gasteiger partial charge in [0.1, 0.15) is 0 Å². The van der Waals surface area contributed by atoms with E-state index in [4.69, 9.17) is 0 Å². The van der Waals surface area contributed by atoms with Crippen LogP contribution in [0.25, 0.3) is 0 Å². The minimum atomic E-state index is 0.151. The van der Waals surface area contributed by atoms with E-state index in [1.165, 1.54) is 32.1 Å². The van der Waals surface area contributed by atoms with Crippen LogP contribution < -0.4 is 0 Å². The van der Waals surface area contributed by atoms with Crippen molar-refractivity contribution in [2.75, 3.05) is 6.54 Å². The van der Waals surface area contributed by atoms with E-state index in [1.54, 1.807) is 0 Å². The highest BCUT2D eigenvalue weighted by atomic mass is 16.2. The van der Waals surface area contributed by atoms with Crippen LogP contribution >= 0.6 is 0 Å². The first kappa shape index (κ1) is 12.5. The van der Waals surface area contributed by atoms with Gasteiger partial charge in [0.05, 0.1) is 0 Å². The van der Waals surface area contributed by atoms with Gasteiger partial charge < -0.3 is 4.90 Å². The smallest absolute Gasteiger partial charge is 0.225 e. The van der Waals surface area contributed by atoms with Gasteiger partial charge in [0, 0.05) is 18.5 Å². The third-order valence-corrected chi connectivity index (χ3v) is 3.38. The molecule has 0 aromatic carbocycles. The molecule has 2 nitrogen and oxygen atoms in total. The Bertz CT molecular complexity index is 201. The first-order valence-electron chi connectivity index (χ1n) is 6.47. The first-order valence-corrected chi connectivity index (χ1v) is 6.47. The average molecular weight is 211 g/mol. The summed E-state index contributed by atoms with van der Waals surface area (Å²) in [7, 11) is 0. The molecular weight excluding hydrogens is 186 g/mol. The normalized spacial score (nSPS) is 23.7. The molecule has 0 aliphatic carbocycles. The maximum atomic E-state index is 12.1. The largest absolute Gasteiger partial charge is 0.340 e.